The van der Waals surface area contributed by atoms with E-state index in [4.69, 9.17) is 5.73 Å². The van der Waals surface area contributed by atoms with Gasteiger partial charge in [0.25, 0.3) is 0 Å². The van der Waals surface area contributed by atoms with Crippen molar-refractivity contribution in [3.63, 3.8) is 0 Å². The first-order valence-corrected chi connectivity index (χ1v) is 7.49. The minimum Gasteiger partial charge on any atom is -0.330 e. The first-order valence-electron chi connectivity index (χ1n) is 6.67. The lowest BCUT2D eigenvalue weighted by atomic mass is 10.1. The second-order valence-electron chi connectivity index (χ2n) is 4.86. The Hall–Kier alpha value is -0.450. The maximum absolute atomic E-state index is 5.52. The lowest BCUT2D eigenvalue weighted by Crippen LogP contribution is -2.20. The molecule has 1 aromatic rings. The summed E-state index contributed by atoms with van der Waals surface area (Å²) in [6, 6.07) is 0. The predicted octanol–water partition coefficient (Wildman–Crippen LogP) is 1.92. The van der Waals surface area contributed by atoms with Crippen molar-refractivity contribution in [2.45, 2.75) is 32.6 Å². The Morgan fingerprint density at radius 2 is 2.47 bits per heavy atom. The van der Waals surface area contributed by atoms with E-state index in [1.807, 2.05) is 17.5 Å². The molecule has 2 rings (SSSR count). The van der Waals surface area contributed by atoms with Crippen LogP contribution in [0.2, 0.25) is 0 Å². The summed E-state index contributed by atoms with van der Waals surface area (Å²) in [4.78, 5) is 8.48. The minimum atomic E-state index is 0.779. The normalized spacial score (nSPS) is 21.2. The molecule has 1 saturated heterocycles. The maximum atomic E-state index is 5.52. The fourth-order valence-electron chi connectivity index (χ4n) is 2.45. The summed E-state index contributed by atoms with van der Waals surface area (Å²) in [6.07, 6.45) is 6.73. The second kappa shape index (κ2) is 6.47. The molecule has 0 radical (unpaired) electrons. The van der Waals surface area contributed by atoms with Gasteiger partial charge in [0.2, 0.25) is 0 Å². The lowest BCUT2D eigenvalue weighted by Gasteiger charge is -2.11. The first kappa shape index (κ1) is 13.0. The van der Waals surface area contributed by atoms with E-state index in [0.717, 1.165) is 25.3 Å². The molecule has 0 aliphatic carbocycles. The van der Waals surface area contributed by atoms with E-state index in [1.165, 1.54) is 42.4 Å². The molecule has 1 aromatic heterocycles. The second-order valence-corrected chi connectivity index (χ2v) is 6.06. The Labute approximate surface area is 108 Å². The molecule has 1 aliphatic rings. The molecular weight excluding hydrogens is 230 g/mol. The number of thiazole rings is 1. The monoisotopic (exact) mass is 253 g/mol. The van der Waals surface area contributed by atoms with Gasteiger partial charge in [-0.1, -0.05) is 6.92 Å². The van der Waals surface area contributed by atoms with Gasteiger partial charge in [-0.3, -0.25) is 0 Å². The van der Waals surface area contributed by atoms with E-state index in [0.29, 0.717) is 0 Å². The van der Waals surface area contributed by atoms with Gasteiger partial charge in [0, 0.05) is 24.0 Å². The average Bonchev–Trinajstić information content (AvgIpc) is 2.96. The van der Waals surface area contributed by atoms with Crippen molar-refractivity contribution in [2.75, 3.05) is 26.2 Å². The molecule has 0 amide bonds. The smallest absolute Gasteiger partial charge is 0.0930 e. The summed E-state index contributed by atoms with van der Waals surface area (Å²) in [5.41, 5.74) is 5.52. The Morgan fingerprint density at radius 1 is 1.59 bits per heavy atom. The van der Waals surface area contributed by atoms with Crippen LogP contribution in [-0.2, 0) is 12.8 Å². The summed E-state index contributed by atoms with van der Waals surface area (Å²) >= 11 is 1.88. The molecule has 0 aromatic carbocycles. The highest BCUT2D eigenvalue weighted by Gasteiger charge is 2.22. The van der Waals surface area contributed by atoms with Crippen molar-refractivity contribution in [1.29, 1.82) is 0 Å². The van der Waals surface area contributed by atoms with Gasteiger partial charge >= 0.3 is 0 Å². The maximum Gasteiger partial charge on any atom is 0.0930 e. The fraction of sp³-hybridized carbons (Fsp3) is 0.769. The summed E-state index contributed by atoms with van der Waals surface area (Å²) in [6.45, 7) is 6.74. The van der Waals surface area contributed by atoms with Crippen molar-refractivity contribution in [3.8, 4) is 0 Å². The molecule has 1 aliphatic heterocycles. The van der Waals surface area contributed by atoms with Crippen LogP contribution in [0.1, 0.15) is 29.7 Å². The zero-order valence-corrected chi connectivity index (χ0v) is 11.5. The van der Waals surface area contributed by atoms with Crippen molar-refractivity contribution in [3.05, 3.63) is 16.1 Å². The number of hydrogen-bond donors (Lipinski definition) is 1. The molecule has 4 heteroatoms. The molecule has 0 saturated carbocycles. The summed E-state index contributed by atoms with van der Waals surface area (Å²) in [7, 11) is 0. The van der Waals surface area contributed by atoms with Gasteiger partial charge in [0.05, 0.1) is 5.01 Å². The van der Waals surface area contributed by atoms with Crippen molar-refractivity contribution in [1.82, 2.24) is 9.88 Å². The largest absolute Gasteiger partial charge is 0.330 e. The number of hydrogen-bond acceptors (Lipinski definition) is 4. The van der Waals surface area contributed by atoms with Gasteiger partial charge in [0.1, 0.15) is 0 Å². The number of aryl methyl sites for hydroxylation is 1. The van der Waals surface area contributed by atoms with Crippen LogP contribution in [0.5, 0.6) is 0 Å². The van der Waals surface area contributed by atoms with E-state index in [9.17, 15) is 0 Å². The molecule has 0 spiro atoms. The summed E-state index contributed by atoms with van der Waals surface area (Å²) in [5, 5.41) is 1.32. The van der Waals surface area contributed by atoms with Gasteiger partial charge in [-0.15, -0.1) is 11.3 Å². The van der Waals surface area contributed by atoms with Crippen LogP contribution in [0, 0.1) is 5.92 Å². The Morgan fingerprint density at radius 3 is 3.18 bits per heavy atom. The van der Waals surface area contributed by atoms with E-state index < -0.39 is 0 Å². The van der Waals surface area contributed by atoms with Crippen molar-refractivity contribution < 1.29 is 0 Å². The molecule has 17 heavy (non-hydrogen) atoms. The van der Waals surface area contributed by atoms with Crippen LogP contribution in [0.25, 0.3) is 0 Å². The standard InChI is InChI=1S/C13H23N3S/c1-2-16-7-5-11(10-16)8-13-15-9-12(17-13)4-3-6-14/h9,11H,2-8,10,14H2,1H3. The Balaban J connectivity index is 1.80. The SMILES string of the molecule is CCN1CCC(Cc2ncc(CCCN)s2)C1. The molecule has 0 bridgehead atoms. The molecule has 1 fully saturated rings. The Bertz CT molecular complexity index is 337. The van der Waals surface area contributed by atoms with Crippen LogP contribution >= 0.6 is 11.3 Å². The average molecular weight is 253 g/mol. The summed E-state index contributed by atoms with van der Waals surface area (Å²) in [5.74, 6) is 0.823. The zero-order valence-electron chi connectivity index (χ0n) is 10.7. The zero-order chi connectivity index (χ0) is 12.1. The van der Waals surface area contributed by atoms with Crippen LogP contribution in [0.4, 0.5) is 0 Å². The van der Waals surface area contributed by atoms with Gasteiger partial charge in [0.15, 0.2) is 0 Å². The van der Waals surface area contributed by atoms with Gasteiger partial charge < -0.3 is 10.6 Å². The molecule has 2 heterocycles. The quantitative estimate of drug-likeness (QED) is 0.842. The molecule has 3 nitrogen and oxygen atoms in total. The minimum absolute atomic E-state index is 0.779. The molecular formula is C13H23N3S. The number of aromatic nitrogens is 1. The lowest BCUT2D eigenvalue weighted by molar-refractivity contribution is 0.342. The molecule has 2 N–H and O–H groups in total. The predicted molar refractivity (Wildman–Crippen MR) is 73.4 cm³/mol. The highest BCUT2D eigenvalue weighted by molar-refractivity contribution is 7.11. The van der Waals surface area contributed by atoms with Gasteiger partial charge in [-0.2, -0.15) is 0 Å². The first-order chi connectivity index (χ1) is 8.31. The number of rotatable bonds is 6. The van der Waals surface area contributed by atoms with E-state index in [-0.39, 0.29) is 0 Å². The number of likely N-dealkylation sites (tertiary alicyclic amines) is 1. The van der Waals surface area contributed by atoms with Crippen LogP contribution in [0.15, 0.2) is 6.20 Å². The molecule has 1 atom stereocenters. The number of nitrogens with two attached hydrogens (primary N) is 1. The topological polar surface area (TPSA) is 42.2 Å². The Kier molecular flexibility index (Phi) is 4.95. The van der Waals surface area contributed by atoms with Crippen molar-refractivity contribution in [2.24, 2.45) is 11.7 Å². The van der Waals surface area contributed by atoms with Gasteiger partial charge in [-0.05, 0) is 44.8 Å². The van der Waals surface area contributed by atoms with Crippen LogP contribution in [0.3, 0.4) is 0 Å². The number of nitrogens with zero attached hydrogens (tertiary/aromatic N) is 2. The fourth-order valence-corrected chi connectivity index (χ4v) is 3.53. The molecule has 96 valence electrons. The van der Waals surface area contributed by atoms with Crippen molar-refractivity contribution >= 4 is 11.3 Å². The van der Waals surface area contributed by atoms with Crippen LogP contribution in [-0.4, -0.2) is 36.1 Å². The highest BCUT2D eigenvalue weighted by atomic mass is 32.1. The third-order valence-corrected chi connectivity index (χ3v) is 4.59. The third-order valence-electron chi connectivity index (χ3n) is 3.51. The van der Waals surface area contributed by atoms with E-state index >= 15 is 0 Å². The van der Waals surface area contributed by atoms with E-state index in [2.05, 4.69) is 16.8 Å². The van der Waals surface area contributed by atoms with Crippen LogP contribution < -0.4 is 5.73 Å². The molecule has 1 unspecified atom stereocenters. The highest BCUT2D eigenvalue weighted by Crippen LogP contribution is 2.23. The van der Waals surface area contributed by atoms with Gasteiger partial charge in [-0.25, -0.2) is 4.98 Å². The van der Waals surface area contributed by atoms with E-state index in [1.54, 1.807) is 0 Å². The summed E-state index contributed by atoms with van der Waals surface area (Å²) < 4.78 is 0. The third kappa shape index (κ3) is 3.76.